The summed E-state index contributed by atoms with van der Waals surface area (Å²) in [5, 5.41) is 3.23. The Balaban J connectivity index is 1.45. The van der Waals surface area contributed by atoms with Crippen LogP contribution >= 0.6 is 15.8 Å². The molecule has 0 N–H and O–H groups in total. The van der Waals surface area contributed by atoms with Crippen LogP contribution in [0.5, 0.6) is 0 Å². The van der Waals surface area contributed by atoms with E-state index in [0.29, 0.717) is 0 Å². The highest BCUT2D eigenvalue weighted by Crippen LogP contribution is 2.64. The molecular weight excluding hydrogens is 434 g/mol. The van der Waals surface area contributed by atoms with E-state index in [9.17, 15) is 0 Å². The van der Waals surface area contributed by atoms with Crippen LogP contribution in [0.25, 0.3) is 0 Å². The van der Waals surface area contributed by atoms with Gasteiger partial charge in [0.25, 0.3) is 0 Å². The number of hydrogen-bond donors (Lipinski definition) is 0. The zero-order valence-corrected chi connectivity index (χ0v) is 22.5. The molecule has 0 aromatic heterocycles. The van der Waals surface area contributed by atoms with Crippen LogP contribution in [0.4, 0.5) is 0 Å². The summed E-state index contributed by atoms with van der Waals surface area (Å²) in [6.07, 6.45) is 19.6. The van der Waals surface area contributed by atoms with Crippen LogP contribution in [-0.4, -0.2) is 22.6 Å². The van der Waals surface area contributed by atoms with Gasteiger partial charge >= 0.3 is 0 Å². The van der Waals surface area contributed by atoms with Gasteiger partial charge in [-0.25, -0.2) is 0 Å². The summed E-state index contributed by atoms with van der Waals surface area (Å²) in [6.45, 7) is 2.75. The highest BCUT2D eigenvalue weighted by atomic mass is 31.1. The van der Waals surface area contributed by atoms with Gasteiger partial charge in [-0.2, -0.15) is 0 Å². The molecule has 0 spiro atoms. The zero-order valence-electron chi connectivity index (χ0n) is 20.7. The lowest BCUT2D eigenvalue weighted by Gasteiger charge is -2.46. The van der Waals surface area contributed by atoms with Gasteiger partial charge in [0.15, 0.2) is 0 Å². The van der Waals surface area contributed by atoms with Crippen LogP contribution < -0.4 is 10.6 Å². The van der Waals surface area contributed by atoms with Crippen LogP contribution in [0, 0.1) is 5.92 Å². The average molecular weight is 479 g/mol. The molecule has 3 atom stereocenters. The van der Waals surface area contributed by atoms with Crippen LogP contribution in [0.15, 0.2) is 60.7 Å². The Labute approximate surface area is 205 Å². The quantitative estimate of drug-likeness (QED) is 0.349. The van der Waals surface area contributed by atoms with Gasteiger partial charge in [0.05, 0.1) is 0 Å². The predicted molar refractivity (Wildman–Crippen MR) is 150 cm³/mol. The molecule has 0 radical (unpaired) electrons. The second-order valence-electron chi connectivity index (χ2n) is 11.0. The monoisotopic (exact) mass is 478 g/mol. The maximum atomic E-state index is 2.75. The van der Waals surface area contributed by atoms with E-state index in [2.05, 4.69) is 67.6 Å². The van der Waals surface area contributed by atoms with E-state index in [1.165, 1.54) is 57.8 Å². The summed E-state index contributed by atoms with van der Waals surface area (Å²) in [6, 6.07) is 23.2. The molecule has 0 bridgehead atoms. The first kappa shape index (κ1) is 24.0. The molecule has 0 unspecified atom stereocenters. The Morgan fingerprint density at radius 3 is 1.55 bits per heavy atom. The SMILES string of the molecule is C[C@@H]([C@H]1CCC[C@@H]1P(c1ccccc1)c1ccccc1)P(C1CCCCC1)C1CCCCC1. The van der Waals surface area contributed by atoms with Crippen molar-refractivity contribution in [3.8, 4) is 0 Å². The summed E-state index contributed by atoms with van der Waals surface area (Å²) in [5.74, 6) is 0.937. The van der Waals surface area contributed by atoms with Gasteiger partial charge in [-0.05, 0) is 85.6 Å². The van der Waals surface area contributed by atoms with Crippen molar-refractivity contribution < 1.29 is 0 Å². The van der Waals surface area contributed by atoms with Gasteiger partial charge in [0, 0.05) is 0 Å². The van der Waals surface area contributed by atoms with Crippen molar-refractivity contribution in [2.75, 3.05) is 0 Å². The van der Waals surface area contributed by atoms with Gasteiger partial charge < -0.3 is 0 Å². The number of benzene rings is 2. The average Bonchev–Trinajstić information content (AvgIpc) is 3.36. The number of hydrogen-bond acceptors (Lipinski definition) is 0. The summed E-state index contributed by atoms with van der Waals surface area (Å²) in [5.41, 5.74) is 3.98. The standard InChI is InChI=1S/C31H44P2/c1-25(32(26-15-6-2-7-16-26)27-17-8-3-9-18-27)30-23-14-24-31(30)33(28-19-10-4-11-20-28)29-21-12-5-13-22-29/h4-5,10-13,19-22,25-27,30-31H,2-3,6-9,14-18,23-24H2,1H3/t25-,30+,31-/m0/s1. The topological polar surface area (TPSA) is 0 Å². The highest BCUT2D eigenvalue weighted by Gasteiger charge is 2.44. The fraction of sp³-hybridized carbons (Fsp3) is 0.613. The molecule has 33 heavy (non-hydrogen) atoms. The lowest BCUT2D eigenvalue weighted by atomic mass is 9.99. The molecule has 0 aliphatic heterocycles. The Bertz CT molecular complexity index is 765. The van der Waals surface area contributed by atoms with Gasteiger partial charge in [0.2, 0.25) is 0 Å². The van der Waals surface area contributed by atoms with Gasteiger partial charge in [0.1, 0.15) is 0 Å². The molecule has 3 aliphatic rings. The van der Waals surface area contributed by atoms with Gasteiger partial charge in [-0.1, -0.05) is 120 Å². The van der Waals surface area contributed by atoms with E-state index in [1.54, 1.807) is 36.3 Å². The molecule has 178 valence electrons. The molecular formula is C31H44P2. The van der Waals surface area contributed by atoms with Crippen molar-refractivity contribution in [1.29, 1.82) is 0 Å². The molecule has 3 saturated carbocycles. The molecule has 5 rings (SSSR count). The molecule has 0 saturated heterocycles. The van der Waals surface area contributed by atoms with Crippen molar-refractivity contribution in [1.82, 2.24) is 0 Å². The van der Waals surface area contributed by atoms with Crippen molar-refractivity contribution in [2.45, 2.75) is 113 Å². The van der Waals surface area contributed by atoms with E-state index < -0.39 is 0 Å². The molecule has 0 nitrogen and oxygen atoms in total. The van der Waals surface area contributed by atoms with E-state index >= 15 is 0 Å². The van der Waals surface area contributed by atoms with Crippen LogP contribution in [0.1, 0.15) is 90.4 Å². The van der Waals surface area contributed by atoms with Crippen molar-refractivity contribution >= 4 is 26.5 Å². The normalized spacial score (nSPS) is 26.2. The van der Waals surface area contributed by atoms with Gasteiger partial charge in [-0.15, -0.1) is 0 Å². The van der Waals surface area contributed by atoms with Crippen molar-refractivity contribution in [3.05, 3.63) is 60.7 Å². The molecule has 0 amide bonds. The third kappa shape index (κ3) is 5.60. The predicted octanol–water partition coefficient (Wildman–Crippen LogP) is 8.82. The lowest BCUT2D eigenvalue weighted by Crippen LogP contribution is -2.34. The third-order valence-electron chi connectivity index (χ3n) is 9.01. The summed E-state index contributed by atoms with van der Waals surface area (Å²) >= 11 is 0. The van der Waals surface area contributed by atoms with E-state index in [1.807, 2.05) is 0 Å². The van der Waals surface area contributed by atoms with E-state index in [0.717, 1.165) is 28.6 Å². The maximum absolute atomic E-state index is 2.75. The third-order valence-corrected chi connectivity index (χ3v) is 16.1. The maximum Gasteiger partial charge on any atom is -0.00945 e. The van der Waals surface area contributed by atoms with Crippen molar-refractivity contribution in [2.24, 2.45) is 5.92 Å². The van der Waals surface area contributed by atoms with Crippen LogP contribution in [0.3, 0.4) is 0 Å². The lowest BCUT2D eigenvalue weighted by molar-refractivity contribution is 0.467. The zero-order chi connectivity index (χ0) is 22.5. The minimum atomic E-state index is -0.273. The summed E-state index contributed by atoms with van der Waals surface area (Å²) in [7, 11) is -0.121. The highest BCUT2D eigenvalue weighted by molar-refractivity contribution is 7.73. The Morgan fingerprint density at radius 1 is 0.576 bits per heavy atom. The Hall–Kier alpha value is -0.700. The second-order valence-corrected chi connectivity index (χ2v) is 16.6. The van der Waals surface area contributed by atoms with Crippen molar-refractivity contribution in [3.63, 3.8) is 0 Å². The fourth-order valence-corrected chi connectivity index (χ4v) is 15.6. The second kappa shape index (κ2) is 11.8. The van der Waals surface area contributed by atoms with E-state index in [4.69, 9.17) is 0 Å². The van der Waals surface area contributed by atoms with Crippen LogP contribution in [-0.2, 0) is 0 Å². The molecule has 2 heteroatoms. The minimum absolute atomic E-state index is 0.152. The first-order valence-electron chi connectivity index (χ1n) is 14.0. The number of rotatable bonds is 7. The summed E-state index contributed by atoms with van der Waals surface area (Å²) in [4.78, 5) is 0. The Kier molecular flexibility index (Phi) is 8.60. The molecule has 2 aromatic rings. The fourth-order valence-electron chi connectivity index (χ4n) is 7.50. The first-order chi connectivity index (χ1) is 16.3. The molecule has 2 aromatic carbocycles. The van der Waals surface area contributed by atoms with E-state index in [-0.39, 0.29) is 15.8 Å². The van der Waals surface area contributed by atoms with Gasteiger partial charge in [-0.3, -0.25) is 0 Å². The molecule has 0 heterocycles. The molecule has 3 fully saturated rings. The summed E-state index contributed by atoms with van der Waals surface area (Å²) < 4.78 is 0. The largest absolute Gasteiger partial charge is 0.0971 e. The first-order valence-corrected chi connectivity index (χ1v) is 17.0. The molecule has 3 aliphatic carbocycles. The Morgan fingerprint density at radius 2 is 1.06 bits per heavy atom. The minimum Gasteiger partial charge on any atom is -0.0971 e. The smallest absolute Gasteiger partial charge is 0.00945 e. The van der Waals surface area contributed by atoms with Crippen LogP contribution in [0.2, 0.25) is 0 Å².